The van der Waals surface area contributed by atoms with Gasteiger partial charge in [0.25, 0.3) is 5.91 Å². The summed E-state index contributed by atoms with van der Waals surface area (Å²) in [5.41, 5.74) is 4.15. The van der Waals surface area contributed by atoms with Crippen LogP contribution in [0.3, 0.4) is 0 Å². The van der Waals surface area contributed by atoms with Gasteiger partial charge in [0, 0.05) is 12.5 Å². The van der Waals surface area contributed by atoms with Gasteiger partial charge >= 0.3 is 6.09 Å². The Labute approximate surface area is 280 Å². The molecule has 2 N–H and O–H groups in total. The Morgan fingerprint density at radius 3 is 2.11 bits per heavy atom. The number of hydrogen-bond donors (Lipinski definition) is 2. The van der Waals surface area contributed by atoms with E-state index in [-0.39, 0.29) is 24.3 Å². The molecule has 3 unspecified atom stereocenters. The lowest BCUT2D eigenvalue weighted by Crippen LogP contribution is -2.55. The number of benzene rings is 3. The molecule has 0 aromatic heterocycles. The zero-order valence-electron chi connectivity index (χ0n) is 28.7. The predicted molar refractivity (Wildman–Crippen MR) is 187 cm³/mol. The summed E-state index contributed by atoms with van der Waals surface area (Å²) >= 11 is 6.55. The van der Waals surface area contributed by atoms with Crippen LogP contribution < -0.4 is 10.6 Å². The highest BCUT2D eigenvalue weighted by molar-refractivity contribution is 6.34. The monoisotopic (exact) mass is 647 g/mol. The summed E-state index contributed by atoms with van der Waals surface area (Å²) in [7, 11) is 0. The summed E-state index contributed by atoms with van der Waals surface area (Å²) in [5.74, 6) is -0.376. The molecule has 0 aliphatic heterocycles. The molecular weight excluding hydrogens is 598 g/mol. The lowest BCUT2D eigenvalue weighted by molar-refractivity contribution is -0.143. The molecule has 7 nitrogen and oxygen atoms in total. The van der Waals surface area contributed by atoms with Crippen molar-refractivity contribution in [2.45, 2.75) is 105 Å². The maximum atomic E-state index is 14.9. The molecule has 3 aromatic rings. The Hall–Kier alpha value is -3.84. The molecule has 8 heteroatoms. The predicted octanol–water partition coefficient (Wildman–Crippen LogP) is 8.73. The van der Waals surface area contributed by atoms with Gasteiger partial charge in [-0.2, -0.15) is 0 Å². The van der Waals surface area contributed by atoms with E-state index in [1.54, 1.807) is 31.7 Å². The molecule has 3 atom stereocenters. The van der Waals surface area contributed by atoms with Crippen LogP contribution >= 0.6 is 11.6 Å². The number of hydrogen-bond acceptors (Lipinski definition) is 4. The molecule has 3 amide bonds. The van der Waals surface area contributed by atoms with Crippen molar-refractivity contribution in [2.24, 2.45) is 5.92 Å². The van der Waals surface area contributed by atoms with Crippen molar-refractivity contribution in [1.29, 1.82) is 0 Å². The number of rotatable bonds is 12. The highest BCUT2D eigenvalue weighted by Gasteiger charge is 2.39. The number of ether oxygens (including phenoxy) is 1. The van der Waals surface area contributed by atoms with E-state index < -0.39 is 23.8 Å². The Kier molecular flexibility index (Phi) is 12.8. The SMILES string of the molecule is Cc1ccc(C(C(=O)Nc2c(C)cccc2Cl)N(C(=O)C(Cc2ccccc2)NC(=O)OC(C)(C)C)C(C)CCC(C)C)cc1C. The number of aryl methyl sites for hydroxylation is 3. The number of anilines is 1. The number of carbonyl (C=O) groups excluding carboxylic acids is 3. The molecule has 0 bridgehead atoms. The van der Waals surface area contributed by atoms with Crippen LogP contribution in [0.15, 0.2) is 66.7 Å². The number of nitrogens with one attached hydrogen (secondary N) is 2. The molecular formula is C38H50ClN3O4. The second kappa shape index (κ2) is 16.1. The highest BCUT2D eigenvalue weighted by atomic mass is 35.5. The molecule has 0 fully saturated rings. The quantitative estimate of drug-likeness (QED) is 0.206. The van der Waals surface area contributed by atoms with Crippen molar-refractivity contribution in [2.75, 3.05) is 5.32 Å². The van der Waals surface area contributed by atoms with Crippen molar-refractivity contribution < 1.29 is 19.1 Å². The van der Waals surface area contributed by atoms with E-state index in [4.69, 9.17) is 16.3 Å². The minimum Gasteiger partial charge on any atom is -0.444 e. The number of carbonyl (C=O) groups is 3. The van der Waals surface area contributed by atoms with Crippen LogP contribution in [0.1, 0.15) is 88.2 Å². The van der Waals surface area contributed by atoms with Crippen molar-refractivity contribution >= 4 is 35.2 Å². The van der Waals surface area contributed by atoms with Gasteiger partial charge < -0.3 is 20.3 Å². The maximum Gasteiger partial charge on any atom is 0.408 e. The van der Waals surface area contributed by atoms with Gasteiger partial charge in [0.2, 0.25) is 5.91 Å². The van der Waals surface area contributed by atoms with Crippen LogP contribution in [0.25, 0.3) is 0 Å². The normalized spacial score (nSPS) is 13.5. The van der Waals surface area contributed by atoms with Gasteiger partial charge in [-0.3, -0.25) is 9.59 Å². The second-order valence-electron chi connectivity index (χ2n) is 13.6. The van der Waals surface area contributed by atoms with E-state index in [0.29, 0.717) is 28.6 Å². The summed E-state index contributed by atoms with van der Waals surface area (Å²) < 4.78 is 5.59. The lowest BCUT2D eigenvalue weighted by Gasteiger charge is -2.39. The second-order valence-corrected chi connectivity index (χ2v) is 14.0. The van der Waals surface area contributed by atoms with Gasteiger partial charge in [-0.15, -0.1) is 0 Å². The highest BCUT2D eigenvalue weighted by Crippen LogP contribution is 2.32. The molecule has 0 aliphatic carbocycles. The van der Waals surface area contributed by atoms with E-state index in [1.165, 1.54) is 0 Å². The van der Waals surface area contributed by atoms with Gasteiger partial charge in [0.1, 0.15) is 17.7 Å². The summed E-state index contributed by atoms with van der Waals surface area (Å²) in [5, 5.41) is 6.31. The van der Waals surface area contributed by atoms with Gasteiger partial charge in [-0.1, -0.05) is 86.1 Å². The summed E-state index contributed by atoms with van der Waals surface area (Å²) in [6.45, 7) is 17.4. The molecule has 0 aliphatic rings. The van der Waals surface area contributed by atoms with E-state index in [2.05, 4.69) is 24.5 Å². The Balaban J connectivity index is 2.19. The largest absolute Gasteiger partial charge is 0.444 e. The molecule has 3 rings (SSSR count). The van der Waals surface area contributed by atoms with Crippen LogP contribution in [0.2, 0.25) is 5.02 Å². The maximum absolute atomic E-state index is 14.9. The van der Waals surface area contributed by atoms with Crippen LogP contribution in [0.5, 0.6) is 0 Å². The number of nitrogens with zero attached hydrogens (tertiary/aromatic N) is 1. The van der Waals surface area contributed by atoms with Crippen LogP contribution in [0, 0.1) is 26.7 Å². The third kappa shape index (κ3) is 10.3. The Morgan fingerprint density at radius 2 is 1.52 bits per heavy atom. The van der Waals surface area contributed by atoms with Gasteiger partial charge in [-0.25, -0.2) is 4.79 Å². The number of amides is 3. The first-order valence-electron chi connectivity index (χ1n) is 16.1. The van der Waals surface area contributed by atoms with Crippen LogP contribution in [-0.2, 0) is 20.7 Å². The van der Waals surface area contributed by atoms with Crippen LogP contribution in [0.4, 0.5) is 10.5 Å². The van der Waals surface area contributed by atoms with Crippen molar-refractivity contribution in [3.05, 3.63) is 99.6 Å². The zero-order chi connectivity index (χ0) is 34.2. The van der Waals surface area contributed by atoms with Crippen molar-refractivity contribution in [3.8, 4) is 0 Å². The Bertz CT molecular complexity index is 1480. The molecule has 0 spiro atoms. The summed E-state index contributed by atoms with van der Waals surface area (Å²) in [6, 6.07) is 18.4. The minimum atomic E-state index is -1.01. The molecule has 46 heavy (non-hydrogen) atoms. The lowest BCUT2D eigenvalue weighted by atomic mass is 9.94. The van der Waals surface area contributed by atoms with E-state index in [1.807, 2.05) is 88.4 Å². The molecule has 3 aromatic carbocycles. The standard InChI is InChI=1S/C38H50ClN3O4/c1-24(2)18-20-28(6)42(36(44)32(23-29-15-11-10-12-16-29)40-37(45)46-38(7,8)9)34(30-21-19-25(3)27(5)22-30)35(43)41-33-26(4)14-13-17-31(33)39/h10-17,19,21-22,24,28,32,34H,18,20,23H2,1-9H3,(H,40,45)(H,41,43). The molecule has 0 radical (unpaired) electrons. The average molecular weight is 648 g/mol. The number of para-hydroxylation sites is 1. The zero-order valence-corrected chi connectivity index (χ0v) is 29.5. The fourth-order valence-corrected chi connectivity index (χ4v) is 5.62. The third-order valence-electron chi connectivity index (χ3n) is 8.01. The summed E-state index contributed by atoms with van der Waals surface area (Å²) in [4.78, 5) is 44.3. The first-order valence-corrected chi connectivity index (χ1v) is 16.4. The fourth-order valence-electron chi connectivity index (χ4n) is 5.35. The number of alkyl carbamates (subject to hydrolysis) is 1. The van der Waals surface area contributed by atoms with Gasteiger partial charge in [0.05, 0.1) is 10.7 Å². The third-order valence-corrected chi connectivity index (χ3v) is 8.32. The van der Waals surface area contributed by atoms with E-state index in [0.717, 1.165) is 28.7 Å². The Morgan fingerprint density at radius 1 is 0.848 bits per heavy atom. The first-order chi connectivity index (χ1) is 21.6. The van der Waals surface area contributed by atoms with Crippen molar-refractivity contribution in [1.82, 2.24) is 10.2 Å². The smallest absolute Gasteiger partial charge is 0.408 e. The van der Waals surface area contributed by atoms with Crippen molar-refractivity contribution in [3.63, 3.8) is 0 Å². The van der Waals surface area contributed by atoms with E-state index in [9.17, 15) is 14.4 Å². The first kappa shape index (κ1) is 36.6. The molecule has 0 saturated carbocycles. The molecule has 0 saturated heterocycles. The topological polar surface area (TPSA) is 87.7 Å². The average Bonchev–Trinajstić information content (AvgIpc) is 2.97. The minimum absolute atomic E-state index is 0.219. The van der Waals surface area contributed by atoms with E-state index >= 15 is 0 Å². The molecule has 0 heterocycles. The molecule has 248 valence electrons. The fraction of sp³-hybridized carbons (Fsp3) is 0.447. The van der Waals surface area contributed by atoms with Crippen LogP contribution in [-0.4, -0.2) is 40.5 Å². The summed E-state index contributed by atoms with van der Waals surface area (Å²) in [6.07, 6.45) is 1.03. The van der Waals surface area contributed by atoms with Gasteiger partial charge in [0.15, 0.2) is 0 Å². The number of halogens is 1. The van der Waals surface area contributed by atoms with Gasteiger partial charge in [-0.05, 0) is 101 Å².